The van der Waals surface area contributed by atoms with Gasteiger partial charge in [-0.2, -0.15) is 0 Å². The minimum absolute atomic E-state index is 0.0288. The topological polar surface area (TPSA) is 122 Å². The van der Waals surface area contributed by atoms with E-state index in [-0.39, 0.29) is 34.1 Å². The molecule has 0 aliphatic rings. The number of nitrogens with zero attached hydrogens (tertiary/aromatic N) is 1. The number of halogens is 1. The molecule has 0 saturated carbocycles. The van der Waals surface area contributed by atoms with Crippen molar-refractivity contribution in [2.45, 2.75) is 0 Å². The zero-order valence-corrected chi connectivity index (χ0v) is 17.4. The Kier molecular flexibility index (Phi) is 5.97. The van der Waals surface area contributed by atoms with Crippen LogP contribution in [0.4, 0.5) is 15.8 Å². The number of hydrogen-bond acceptors (Lipinski definition) is 6. The maximum atomic E-state index is 13.2. The van der Waals surface area contributed by atoms with Crippen molar-refractivity contribution in [2.24, 2.45) is 7.05 Å². The number of aromatic nitrogens is 2. The zero-order chi connectivity index (χ0) is 22.8. The van der Waals surface area contributed by atoms with Gasteiger partial charge in [-0.15, -0.1) is 0 Å². The molecule has 0 fully saturated rings. The number of H-pyrrole nitrogens is 1. The molecule has 162 valence electrons. The highest BCUT2D eigenvalue weighted by Gasteiger charge is 2.17. The van der Waals surface area contributed by atoms with Gasteiger partial charge in [0, 0.05) is 36.8 Å². The Balaban J connectivity index is 2.23. The summed E-state index contributed by atoms with van der Waals surface area (Å²) in [4.78, 5) is 27.2. The molecule has 3 N–H and O–H groups in total. The van der Waals surface area contributed by atoms with E-state index in [4.69, 9.17) is 4.74 Å². The Morgan fingerprint density at radius 2 is 1.84 bits per heavy atom. The molecule has 2 aromatic heterocycles. The Morgan fingerprint density at radius 1 is 1.16 bits per heavy atom. The highest BCUT2D eigenvalue weighted by molar-refractivity contribution is 7.95. The lowest BCUT2D eigenvalue weighted by Crippen LogP contribution is -2.21. The maximum absolute atomic E-state index is 13.2. The standard InChI is InChI=1S/C20H19FN4O5S/c1-4-31(28,29)24-16-10-15(12-9-17(22-2)20(27)25(3)11-12)19(23-18(16)26)30-14-7-5-13(21)6-8-14/h4-11,22,24H,1H2,2-3H3,(H,23,26). The first-order valence-corrected chi connectivity index (χ1v) is 10.4. The number of nitrogens with one attached hydrogen (secondary N) is 3. The molecule has 0 radical (unpaired) electrons. The summed E-state index contributed by atoms with van der Waals surface area (Å²) >= 11 is 0. The van der Waals surface area contributed by atoms with Crippen LogP contribution in [0.3, 0.4) is 0 Å². The minimum Gasteiger partial charge on any atom is -0.440 e. The van der Waals surface area contributed by atoms with Crippen LogP contribution in [0, 0.1) is 5.82 Å². The van der Waals surface area contributed by atoms with Crippen molar-refractivity contribution >= 4 is 21.4 Å². The lowest BCUT2D eigenvalue weighted by Gasteiger charge is -2.15. The van der Waals surface area contributed by atoms with E-state index < -0.39 is 21.4 Å². The van der Waals surface area contributed by atoms with Crippen molar-refractivity contribution in [2.75, 3.05) is 17.1 Å². The van der Waals surface area contributed by atoms with Gasteiger partial charge in [0.1, 0.15) is 22.9 Å². The van der Waals surface area contributed by atoms with Gasteiger partial charge in [-0.05, 0) is 36.4 Å². The third-order valence-electron chi connectivity index (χ3n) is 4.27. The van der Waals surface area contributed by atoms with Crippen molar-refractivity contribution in [3.8, 4) is 22.8 Å². The summed E-state index contributed by atoms with van der Waals surface area (Å²) in [6.07, 6.45) is 1.50. The number of sulfonamides is 1. The third-order valence-corrected chi connectivity index (χ3v) is 5.22. The van der Waals surface area contributed by atoms with Gasteiger partial charge >= 0.3 is 0 Å². The van der Waals surface area contributed by atoms with Gasteiger partial charge in [0.05, 0.1) is 0 Å². The van der Waals surface area contributed by atoms with Crippen molar-refractivity contribution in [1.82, 2.24) is 9.55 Å². The summed E-state index contributed by atoms with van der Waals surface area (Å²) in [5.41, 5.74) is -0.348. The zero-order valence-electron chi connectivity index (χ0n) is 16.6. The minimum atomic E-state index is -3.95. The van der Waals surface area contributed by atoms with Crippen LogP contribution in [-0.2, 0) is 17.1 Å². The van der Waals surface area contributed by atoms with E-state index in [9.17, 15) is 22.4 Å². The quantitative estimate of drug-likeness (QED) is 0.513. The van der Waals surface area contributed by atoms with Gasteiger partial charge in [-0.25, -0.2) is 12.8 Å². The maximum Gasteiger partial charge on any atom is 0.275 e. The number of anilines is 2. The van der Waals surface area contributed by atoms with Crippen LogP contribution < -0.4 is 25.9 Å². The van der Waals surface area contributed by atoms with E-state index in [1.54, 1.807) is 14.1 Å². The smallest absolute Gasteiger partial charge is 0.275 e. The van der Waals surface area contributed by atoms with Crippen LogP contribution in [0.2, 0.25) is 0 Å². The van der Waals surface area contributed by atoms with Gasteiger partial charge in [-0.1, -0.05) is 6.58 Å². The largest absolute Gasteiger partial charge is 0.440 e. The Bertz CT molecular complexity index is 1360. The number of hydrogen-bond donors (Lipinski definition) is 3. The number of rotatable bonds is 7. The van der Waals surface area contributed by atoms with Crippen molar-refractivity contribution in [3.05, 3.63) is 81.1 Å². The fourth-order valence-electron chi connectivity index (χ4n) is 2.74. The van der Waals surface area contributed by atoms with Gasteiger partial charge in [0.2, 0.25) is 5.88 Å². The summed E-state index contributed by atoms with van der Waals surface area (Å²) in [5, 5.41) is 3.45. The molecule has 9 nitrogen and oxygen atoms in total. The molecule has 11 heteroatoms. The average molecular weight is 446 g/mol. The summed E-state index contributed by atoms with van der Waals surface area (Å²) < 4.78 is 46.1. The molecule has 0 amide bonds. The molecule has 3 aromatic rings. The van der Waals surface area contributed by atoms with Crippen LogP contribution in [0.15, 0.2) is 64.2 Å². The molecular formula is C20H19FN4O5S. The first-order valence-electron chi connectivity index (χ1n) is 8.88. The summed E-state index contributed by atoms with van der Waals surface area (Å²) in [7, 11) is -0.836. The van der Waals surface area contributed by atoms with Crippen LogP contribution in [0.1, 0.15) is 0 Å². The van der Waals surface area contributed by atoms with E-state index in [1.807, 2.05) is 0 Å². The Morgan fingerprint density at radius 3 is 2.45 bits per heavy atom. The highest BCUT2D eigenvalue weighted by Crippen LogP contribution is 2.33. The monoisotopic (exact) mass is 446 g/mol. The van der Waals surface area contributed by atoms with Gasteiger partial charge in [0.25, 0.3) is 21.1 Å². The second-order valence-electron chi connectivity index (χ2n) is 6.43. The van der Waals surface area contributed by atoms with Gasteiger partial charge < -0.3 is 14.6 Å². The fraction of sp³-hybridized carbons (Fsp3) is 0.100. The molecule has 0 unspecified atom stereocenters. The van der Waals surface area contributed by atoms with Crippen LogP contribution >= 0.6 is 0 Å². The first-order chi connectivity index (χ1) is 14.6. The van der Waals surface area contributed by atoms with Crippen LogP contribution in [0.25, 0.3) is 11.1 Å². The summed E-state index contributed by atoms with van der Waals surface area (Å²) in [6, 6.07) is 7.91. The molecule has 1 aromatic carbocycles. The molecule has 0 bridgehead atoms. The normalized spacial score (nSPS) is 11.1. The lowest BCUT2D eigenvalue weighted by molar-refractivity contribution is 0.462. The van der Waals surface area contributed by atoms with Crippen LogP contribution in [0.5, 0.6) is 11.6 Å². The molecule has 0 atom stereocenters. The van der Waals surface area contributed by atoms with Crippen molar-refractivity contribution in [1.29, 1.82) is 0 Å². The number of aryl methyl sites for hydroxylation is 1. The molecule has 3 rings (SSSR count). The van der Waals surface area contributed by atoms with E-state index in [0.29, 0.717) is 11.0 Å². The Labute approximate surface area is 176 Å². The number of aromatic amines is 1. The average Bonchev–Trinajstić information content (AvgIpc) is 2.73. The van der Waals surface area contributed by atoms with Crippen molar-refractivity contribution in [3.63, 3.8) is 0 Å². The van der Waals surface area contributed by atoms with Gasteiger partial charge in [0.15, 0.2) is 0 Å². The molecule has 0 saturated heterocycles. The molecule has 2 heterocycles. The molecule has 0 aliphatic carbocycles. The molecule has 31 heavy (non-hydrogen) atoms. The van der Waals surface area contributed by atoms with E-state index in [2.05, 4.69) is 21.6 Å². The van der Waals surface area contributed by atoms with Crippen molar-refractivity contribution < 1.29 is 17.5 Å². The van der Waals surface area contributed by atoms with Crippen LogP contribution in [-0.4, -0.2) is 25.0 Å². The SMILES string of the molecule is C=CS(=O)(=O)Nc1cc(-c2cc(NC)c(=O)n(C)c2)c(Oc2ccc(F)cc2)[nH]c1=O. The summed E-state index contributed by atoms with van der Waals surface area (Å²) in [5.74, 6) is -0.262. The number of benzene rings is 1. The second-order valence-corrected chi connectivity index (χ2v) is 8.06. The molecule has 0 aliphatic heterocycles. The fourth-order valence-corrected chi connectivity index (χ4v) is 3.28. The van der Waals surface area contributed by atoms with E-state index in [1.165, 1.54) is 47.2 Å². The first kappa shape index (κ1) is 21.8. The van der Waals surface area contributed by atoms with Gasteiger partial charge in [-0.3, -0.25) is 19.3 Å². The number of pyridine rings is 2. The van der Waals surface area contributed by atoms with E-state index in [0.717, 1.165) is 0 Å². The highest BCUT2D eigenvalue weighted by atomic mass is 32.2. The molecule has 0 spiro atoms. The summed E-state index contributed by atoms with van der Waals surface area (Å²) in [6.45, 7) is 3.20. The predicted molar refractivity (Wildman–Crippen MR) is 116 cm³/mol. The van der Waals surface area contributed by atoms with E-state index >= 15 is 0 Å². The third kappa shape index (κ3) is 4.83. The predicted octanol–water partition coefficient (Wildman–Crippen LogP) is 2.60. The number of ether oxygens (including phenoxy) is 1. The molecular weight excluding hydrogens is 427 g/mol. The Hall–Kier alpha value is -3.86. The second kappa shape index (κ2) is 8.48. The lowest BCUT2D eigenvalue weighted by atomic mass is 10.1.